The Morgan fingerprint density at radius 3 is 2.35 bits per heavy atom. The molecule has 3 aliphatic rings. The van der Waals surface area contributed by atoms with Gasteiger partial charge in [-0.25, -0.2) is 14.6 Å². The normalized spacial score (nSPS) is 23.8. The maximum absolute atomic E-state index is 12.9. The number of imide groups is 1. The van der Waals surface area contributed by atoms with Crippen molar-refractivity contribution in [1.82, 2.24) is 40.0 Å². The lowest BCUT2D eigenvalue weighted by atomic mass is 9.91. The first-order valence-corrected chi connectivity index (χ1v) is 18.2. The van der Waals surface area contributed by atoms with E-state index in [-0.39, 0.29) is 24.4 Å². The number of aliphatic hydroxyl groups excluding tert-OH is 3. The zero-order valence-corrected chi connectivity index (χ0v) is 29.6. The summed E-state index contributed by atoms with van der Waals surface area (Å²) < 4.78 is 1.65. The molecule has 284 valence electrons. The molecule has 17 heteroatoms. The van der Waals surface area contributed by atoms with Crippen LogP contribution in [0.3, 0.4) is 0 Å². The summed E-state index contributed by atoms with van der Waals surface area (Å²) in [6.07, 6.45) is 2.50. The Morgan fingerprint density at radius 2 is 1.67 bits per heavy atom. The van der Waals surface area contributed by atoms with Crippen molar-refractivity contribution in [3.8, 4) is 0 Å². The van der Waals surface area contributed by atoms with Gasteiger partial charge in [-0.3, -0.25) is 14.7 Å². The van der Waals surface area contributed by atoms with Gasteiger partial charge in [-0.2, -0.15) is 9.97 Å². The topological polar surface area (TPSA) is 223 Å². The van der Waals surface area contributed by atoms with Crippen molar-refractivity contribution in [2.45, 2.75) is 55.1 Å². The average Bonchev–Trinajstić information content (AvgIpc) is 3.98. The van der Waals surface area contributed by atoms with Crippen LogP contribution in [0, 0.1) is 0 Å². The number of nitrogens with zero attached hydrogens (tertiary/aromatic N) is 7. The first-order chi connectivity index (χ1) is 26.8. The number of hydrogen-bond acceptors (Lipinski definition) is 12. The van der Waals surface area contributed by atoms with Crippen LogP contribution in [-0.2, 0) is 4.79 Å². The Labute approximate surface area is 315 Å². The number of aliphatic hydroxyl groups is 3. The number of aromatic nitrogens is 5. The molecule has 6 atom stereocenters. The van der Waals surface area contributed by atoms with Gasteiger partial charge in [0.25, 0.3) is 5.91 Å². The Morgan fingerprint density at radius 1 is 0.945 bits per heavy atom. The van der Waals surface area contributed by atoms with E-state index in [0.717, 1.165) is 16.0 Å². The van der Waals surface area contributed by atoms with Crippen LogP contribution in [-0.4, -0.2) is 119 Å². The summed E-state index contributed by atoms with van der Waals surface area (Å²) in [5.74, 6) is 0.102. The summed E-state index contributed by atoms with van der Waals surface area (Å²) >= 11 is 0. The molecule has 5 heterocycles. The zero-order chi connectivity index (χ0) is 38.1. The molecule has 7 N–H and O–H groups in total. The van der Waals surface area contributed by atoms with Gasteiger partial charge in [-0.15, -0.1) is 0 Å². The van der Waals surface area contributed by atoms with Gasteiger partial charge in [-0.1, -0.05) is 60.7 Å². The molecule has 0 radical (unpaired) electrons. The average molecular weight is 748 g/mol. The molecule has 8 rings (SSSR count). The van der Waals surface area contributed by atoms with Gasteiger partial charge in [0.05, 0.1) is 36.9 Å². The highest BCUT2D eigenvalue weighted by molar-refractivity contribution is 6.04. The summed E-state index contributed by atoms with van der Waals surface area (Å²) in [6.45, 7) is 0.824. The third-order valence-electron chi connectivity index (χ3n) is 10.6. The maximum atomic E-state index is 12.9. The molecule has 0 bridgehead atoms. The van der Waals surface area contributed by atoms with E-state index in [1.165, 1.54) is 6.33 Å². The molecule has 2 aliphatic heterocycles. The Balaban J connectivity index is 1.10. The molecule has 55 heavy (non-hydrogen) atoms. The molecule has 3 aromatic heterocycles. The monoisotopic (exact) mass is 747 g/mol. The molecular weight excluding hydrogens is 706 g/mol. The van der Waals surface area contributed by atoms with E-state index in [1.807, 2.05) is 41.3 Å². The second kappa shape index (κ2) is 15.3. The number of amides is 5. The molecule has 2 saturated heterocycles. The lowest BCUT2D eigenvalue weighted by molar-refractivity contribution is -0.131. The Hall–Kier alpha value is -6.17. The summed E-state index contributed by atoms with van der Waals surface area (Å²) in [5, 5.41) is 43.9. The van der Waals surface area contributed by atoms with Gasteiger partial charge < -0.3 is 46.1 Å². The van der Waals surface area contributed by atoms with Crippen molar-refractivity contribution < 1.29 is 29.7 Å². The third kappa shape index (κ3) is 7.11. The van der Waals surface area contributed by atoms with Crippen molar-refractivity contribution >= 4 is 46.6 Å². The highest BCUT2D eigenvalue weighted by Crippen LogP contribution is 2.38. The second-order valence-electron chi connectivity index (χ2n) is 14.0. The lowest BCUT2D eigenvalue weighted by Gasteiger charge is -2.24. The number of hydrogen-bond donors (Lipinski definition) is 7. The largest absolute Gasteiger partial charge is 0.394 e. The van der Waals surface area contributed by atoms with Crippen molar-refractivity contribution in [3.05, 3.63) is 103 Å². The molecule has 2 aromatic carbocycles. The number of benzene rings is 2. The second-order valence-corrected chi connectivity index (χ2v) is 14.0. The minimum atomic E-state index is -1.46. The molecule has 1 saturated carbocycles. The predicted molar refractivity (Wildman–Crippen MR) is 201 cm³/mol. The van der Waals surface area contributed by atoms with Gasteiger partial charge in [0, 0.05) is 37.8 Å². The van der Waals surface area contributed by atoms with Crippen LogP contribution in [0.25, 0.3) is 11.2 Å². The number of pyridine rings is 1. The Bertz CT molecular complexity index is 2120. The number of rotatable bonds is 11. The molecule has 1 unspecified atom stereocenters. The van der Waals surface area contributed by atoms with Gasteiger partial charge in [-0.05, 0) is 36.1 Å². The molecule has 3 fully saturated rings. The highest BCUT2D eigenvalue weighted by Gasteiger charge is 2.52. The summed E-state index contributed by atoms with van der Waals surface area (Å²) in [4.78, 5) is 60.0. The summed E-state index contributed by atoms with van der Waals surface area (Å²) in [6, 6.07) is 19.4. The van der Waals surface area contributed by atoms with Crippen LogP contribution in [0.2, 0.25) is 0 Å². The number of urea groups is 2. The van der Waals surface area contributed by atoms with Crippen LogP contribution in [0.15, 0.2) is 91.5 Å². The van der Waals surface area contributed by atoms with Crippen LogP contribution in [0.1, 0.15) is 35.9 Å². The minimum Gasteiger partial charge on any atom is -0.394 e. The van der Waals surface area contributed by atoms with Gasteiger partial charge in [0.2, 0.25) is 5.95 Å². The highest BCUT2D eigenvalue weighted by atomic mass is 16.3. The lowest BCUT2D eigenvalue weighted by Crippen LogP contribution is -2.47. The first kappa shape index (κ1) is 35.8. The molecular formula is C38H41N11O6. The molecule has 5 aromatic rings. The van der Waals surface area contributed by atoms with E-state index in [9.17, 15) is 29.7 Å². The molecule has 17 nitrogen and oxygen atoms in total. The van der Waals surface area contributed by atoms with Gasteiger partial charge in [0.1, 0.15) is 18.2 Å². The maximum Gasteiger partial charge on any atom is 0.325 e. The van der Waals surface area contributed by atoms with Crippen LogP contribution >= 0.6 is 0 Å². The summed E-state index contributed by atoms with van der Waals surface area (Å²) in [7, 11) is 0. The van der Waals surface area contributed by atoms with Crippen LogP contribution in [0.5, 0.6) is 0 Å². The summed E-state index contributed by atoms with van der Waals surface area (Å²) in [5.41, 5.74) is 3.58. The standard InChI is InChI=1S/C38H41N11O6/c50-20-27-35(53)49(38(55)44-27)29-16-28(31(51)32(29)52)48-21-41-30-33(40-18-26(22-8-3-1-4-9-22)23-10-5-2-6-11-23)45-36(46-34(30)48)47-15-13-25(19-47)43-37(54)42-24-12-7-14-39-17-24/h1-12,14,17,21,25-29,31-32,50-52H,13,15-16,18-20H2,(H,44,55)(H,40,45,46)(H2,42,43,54)/t25?,27-,28-,29+,31+,32-/m1/s1. The number of anilines is 3. The van der Waals surface area contributed by atoms with Crippen molar-refractivity contribution in [3.63, 3.8) is 0 Å². The van der Waals surface area contributed by atoms with Gasteiger partial charge in [0.15, 0.2) is 17.0 Å². The van der Waals surface area contributed by atoms with Crippen LogP contribution in [0.4, 0.5) is 27.0 Å². The number of carbonyl (C=O) groups is 3. The van der Waals surface area contributed by atoms with E-state index in [4.69, 9.17) is 9.97 Å². The quantitative estimate of drug-likeness (QED) is 0.0962. The fraction of sp³-hybridized carbons (Fsp3) is 0.342. The smallest absolute Gasteiger partial charge is 0.325 e. The molecule has 5 amide bonds. The van der Waals surface area contributed by atoms with Crippen molar-refractivity contribution in [2.24, 2.45) is 0 Å². The molecule has 1 aliphatic carbocycles. The predicted octanol–water partition coefficient (Wildman–Crippen LogP) is 1.81. The van der Waals surface area contributed by atoms with Crippen LogP contribution < -0.4 is 26.2 Å². The van der Waals surface area contributed by atoms with E-state index in [1.54, 1.807) is 29.1 Å². The van der Waals surface area contributed by atoms with E-state index in [2.05, 4.69) is 55.5 Å². The molecule has 0 spiro atoms. The number of imidazole rings is 1. The van der Waals surface area contributed by atoms with Crippen molar-refractivity contribution in [1.29, 1.82) is 0 Å². The van der Waals surface area contributed by atoms with Crippen molar-refractivity contribution in [2.75, 3.05) is 41.8 Å². The van der Waals surface area contributed by atoms with Gasteiger partial charge >= 0.3 is 12.1 Å². The van der Waals surface area contributed by atoms with E-state index >= 15 is 0 Å². The minimum absolute atomic E-state index is 0.0129. The third-order valence-corrected chi connectivity index (χ3v) is 10.6. The number of nitrogens with one attached hydrogen (secondary N) is 4. The number of carbonyl (C=O) groups excluding carboxylic acids is 3. The fourth-order valence-corrected chi connectivity index (χ4v) is 7.76. The first-order valence-electron chi connectivity index (χ1n) is 18.2. The van der Waals surface area contributed by atoms with E-state index in [0.29, 0.717) is 54.7 Å². The fourth-order valence-electron chi connectivity index (χ4n) is 7.76. The Kier molecular flexibility index (Phi) is 9.96. The SMILES string of the molecule is O=C(Nc1cccnc1)NC1CCN(c2nc(NCC(c3ccccc3)c3ccccc3)c3ncn([C@@H]4C[C@H](N5C(=O)N[C@H](CO)C5=O)[C@@H](O)[C@H]4O)c3n2)C1. The number of fused-ring (bicyclic) bond motifs is 1. The zero-order valence-electron chi connectivity index (χ0n) is 29.6. The van der Waals surface area contributed by atoms with E-state index < -0.39 is 48.9 Å².